The highest BCUT2D eigenvalue weighted by molar-refractivity contribution is 7.91. The van der Waals surface area contributed by atoms with E-state index in [-0.39, 0.29) is 4.90 Å². The molecule has 0 saturated carbocycles. The first-order valence-corrected chi connectivity index (χ1v) is 9.60. The number of methoxy groups -OCH3 is 1. The average Bonchev–Trinajstić information content (AvgIpc) is 2.59. The SMILES string of the molecule is COc1ccc(C(NC(=O)OC(C)(C)C)S(=O)(=O)c2ccccc2)cc1. The summed E-state index contributed by atoms with van der Waals surface area (Å²) in [7, 11) is -2.36. The zero-order valence-electron chi connectivity index (χ0n) is 15.2. The quantitative estimate of drug-likeness (QED) is 0.859. The second-order valence-electron chi connectivity index (χ2n) is 6.66. The summed E-state index contributed by atoms with van der Waals surface area (Å²) in [5.74, 6) is 0.585. The van der Waals surface area contributed by atoms with E-state index in [2.05, 4.69) is 5.32 Å². The lowest BCUT2D eigenvalue weighted by Gasteiger charge is -2.24. The van der Waals surface area contributed by atoms with Gasteiger partial charge in [0.1, 0.15) is 11.4 Å². The number of amides is 1. The van der Waals surface area contributed by atoms with Gasteiger partial charge in [-0.15, -0.1) is 0 Å². The molecule has 26 heavy (non-hydrogen) atoms. The smallest absolute Gasteiger partial charge is 0.408 e. The highest BCUT2D eigenvalue weighted by Crippen LogP contribution is 2.28. The van der Waals surface area contributed by atoms with E-state index in [1.165, 1.54) is 19.2 Å². The number of carbonyl (C=O) groups excluding carboxylic acids is 1. The van der Waals surface area contributed by atoms with Crippen molar-refractivity contribution in [2.75, 3.05) is 7.11 Å². The molecule has 140 valence electrons. The summed E-state index contributed by atoms with van der Waals surface area (Å²) in [6.45, 7) is 5.13. The Morgan fingerprint density at radius 3 is 2.08 bits per heavy atom. The summed E-state index contributed by atoms with van der Waals surface area (Å²) in [6, 6.07) is 14.4. The van der Waals surface area contributed by atoms with Gasteiger partial charge in [0.05, 0.1) is 12.0 Å². The zero-order chi connectivity index (χ0) is 19.4. The second kappa shape index (κ2) is 7.78. The Labute approximate surface area is 154 Å². The summed E-state index contributed by atoms with van der Waals surface area (Å²) < 4.78 is 36.5. The van der Waals surface area contributed by atoms with Crippen molar-refractivity contribution < 1.29 is 22.7 Å². The van der Waals surface area contributed by atoms with Gasteiger partial charge in [-0.2, -0.15) is 0 Å². The van der Waals surface area contributed by atoms with Gasteiger partial charge in [-0.1, -0.05) is 30.3 Å². The predicted octanol–water partition coefficient (Wildman–Crippen LogP) is 3.69. The van der Waals surface area contributed by atoms with Crippen LogP contribution in [0, 0.1) is 0 Å². The van der Waals surface area contributed by atoms with Gasteiger partial charge in [0.15, 0.2) is 5.37 Å². The Bertz CT molecular complexity index is 840. The number of benzene rings is 2. The molecule has 1 amide bonds. The van der Waals surface area contributed by atoms with Crippen molar-refractivity contribution in [3.8, 4) is 5.75 Å². The number of nitrogens with one attached hydrogen (secondary N) is 1. The van der Waals surface area contributed by atoms with E-state index >= 15 is 0 Å². The topological polar surface area (TPSA) is 81.7 Å². The molecule has 1 atom stereocenters. The second-order valence-corrected chi connectivity index (χ2v) is 8.69. The van der Waals surface area contributed by atoms with Crippen LogP contribution in [0.2, 0.25) is 0 Å². The normalized spacial score (nSPS) is 12.9. The van der Waals surface area contributed by atoms with E-state index in [9.17, 15) is 13.2 Å². The van der Waals surface area contributed by atoms with E-state index in [1.807, 2.05) is 0 Å². The first kappa shape index (κ1) is 19.8. The number of sulfone groups is 1. The molecular weight excluding hydrogens is 354 g/mol. The number of carbonyl (C=O) groups is 1. The maximum absolute atomic E-state index is 13.1. The van der Waals surface area contributed by atoms with Gasteiger partial charge in [0.2, 0.25) is 9.84 Å². The van der Waals surface area contributed by atoms with Crippen molar-refractivity contribution in [1.29, 1.82) is 0 Å². The number of ether oxygens (including phenoxy) is 2. The molecule has 0 bridgehead atoms. The summed E-state index contributed by atoms with van der Waals surface area (Å²) in [4.78, 5) is 12.3. The summed E-state index contributed by atoms with van der Waals surface area (Å²) >= 11 is 0. The molecule has 1 unspecified atom stereocenters. The van der Waals surface area contributed by atoms with E-state index in [1.54, 1.807) is 63.2 Å². The molecule has 0 saturated heterocycles. The maximum atomic E-state index is 13.1. The predicted molar refractivity (Wildman–Crippen MR) is 98.7 cm³/mol. The van der Waals surface area contributed by atoms with Gasteiger partial charge >= 0.3 is 6.09 Å². The van der Waals surface area contributed by atoms with Crippen LogP contribution in [-0.4, -0.2) is 27.2 Å². The third-order valence-corrected chi connectivity index (χ3v) is 5.39. The maximum Gasteiger partial charge on any atom is 0.408 e. The van der Waals surface area contributed by atoms with Gasteiger partial charge in [-0.05, 0) is 50.6 Å². The van der Waals surface area contributed by atoms with Gasteiger partial charge < -0.3 is 14.8 Å². The number of rotatable bonds is 5. The van der Waals surface area contributed by atoms with Crippen LogP contribution in [-0.2, 0) is 14.6 Å². The van der Waals surface area contributed by atoms with Crippen molar-refractivity contribution in [2.45, 2.75) is 36.6 Å². The van der Waals surface area contributed by atoms with Gasteiger partial charge in [-0.3, -0.25) is 0 Å². The molecule has 2 rings (SSSR count). The summed E-state index contributed by atoms with van der Waals surface area (Å²) in [5.41, 5.74) is -0.342. The molecule has 0 heterocycles. The highest BCUT2D eigenvalue weighted by Gasteiger charge is 2.32. The molecule has 2 aromatic carbocycles. The molecule has 6 nitrogen and oxygen atoms in total. The van der Waals surface area contributed by atoms with Crippen LogP contribution < -0.4 is 10.1 Å². The lowest BCUT2D eigenvalue weighted by atomic mass is 10.2. The fraction of sp³-hybridized carbons (Fsp3) is 0.316. The molecule has 7 heteroatoms. The Hall–Kier alpha value is -2.54. The lowest BCUT2D eigenvalue weighted by Crippen LogP contribution is -2.38. The fourth-order valence-corrected chi connectivity index (χ4v) is 3.86. The third kappa shape index (κ3) is 4.98. The Morgan fingerprint density at radius 2 is 1.58 bits per heavy atom. The Kier molecular flexibility index (Phi) is 5.92. The van der Waals surface area contributed by atoms with Crippen LogP contribution in [0.5, 0.6) is 5.75 Å². The molecular formula is C19H23NO5S. The van der Waals surface area contributed by atoms with Crippen molar-refractivity contribution in [3.05, 3.63) is 60.2 Å². The van der Waals surface area contributed by atoms with Crippen LogP contribution in [0.4, 0.5) is 4.79 Å². The molecule has 0 aliphatic heterocycles. The first-order valence-electron chi connectivity index (χ1n) is 8.06. The highest BCUT2D eigenvalue weighted by atomic mass is 32.2. The average molecular weight is 377 g/mol. The third-order valence-electron chi connectivity index (χ3n) is 3.45. The fourth-order valence-electron chi connectivity index (χ4n) is 2.28. The molecule has 0 fully saturated rings. The summed E-state index contributed by atoms with van der Waals surface area (Å²) in [5, 5.41) is 1.19. The van der Waals surface area contributed by atoms with E-state index in [4.69, 9.17) is 9.47 Å². The minimum Gasteiger partial charge on any atom is -0.497 e. The van der Waals surface area contributed by atoms with Crippen LogP contribution in [0.15, 0.2) is 59.5 Å². The Balaban J connectivity index is 2.42. The molecule has 0 radical (unpaired) electrons. The zero-order valence-corrected chi connectivity index (χ0v) is 16.0. The summed E-state index contributed by atoms with van der Waals surface area (Å²) in [6.07, 6.45) is -0.808. The van der Waals surface area contributed by atoms with E-state index in [0.29, 0.717) is 11.3 Å². The monoisotopic (exact) mass is 377 g/mol. The van der Waals surface area contributed by atoms with Gasteiger partial charge in [0, 0.05) is 0 Å². The molecule has 0 aliphatic carbocycles. The van der Waals surface area contributed by atoms with Crippen molar-refractivity contribution in [1.82, 2.24) is 5.32 Å². The van der Waals surface area contributed by atoms with Crippen molar-refractivity contribution in [2.24, 2.45) is 0 Å². The van der Waals surface area contributed by atoms with Gasteiger partial charge in [0.25, 0.3) is 0 Å². The van der Waals surface area contributed by atoms with E-state index < -0.39 is 26.9 Å². The van der Waals surface area contributed by atoms with Gasteiger partial charge in [-0.25, -0.2) is 13.2 Å². The van der Waals surface area contributed by atoms with E-state index in [0.717, 1.165) is 0 Å². The number of hydrogen-bond donors (Lipinski definition) is 1. The molecule has 2 aromatic rings. The molecule has 0 spiro atoms. The van der Waals surface area contributed by atoms with Crippen molar-refractivity contribution >= 4 is 15.9 Å². The van der Waals surface area contributed by atoms with Crippen LogP contribution in [0.3, 0.4) is 0 Å². The lowest BCUT2D eigenvalue weighted by molar-refractivity contribution is 0.0519. The molecule has 0 aliphatic rings. The molecule has 1 N–H and O–H groups in total. The van der Waals surface area contributed by atoms with Crippen LogP contribution >= 0.6 is 0 Å². The Morgan fingerprint density at radius 1 is 1.00 bits per heavy atom. The van der Waals surface area contributed by atoms with Crippen LogP contribution in [0.1, 0.15) is 31.7 Å². The largest absolute Gasteiger partial charge is 0.497 e. The minimum absolute atomic E-state index is 0.108. The number of alkyl carbamates (subject to hydrolysis) is 1. The minimum atomic E-state index is -3.88. The van der Waals surface area contributed by atoms with Crippen LogP contribution in [0.25, 0.3) is 0 Å². The number of hydrogen-bond acceptors (Lipinski definition) is 5. The van der Waals surface area contributed by atoms with Crippen molar-refractivity contribution in [3.63, 3.8) is 0 Å². The molecule has 0 aromatic heterocycles. The standard InChI is InChI=1S/C19H23NO5S/c1-19(2,3)25-18(21)20-17(14-10-12-15(24-4)13-11-14)26(22,23)16-8-6-5-7-9-16/h5-13,17H,1-4H3,(H,20,21). The first-order chi connectivity index (χ1) is 12.1.